The molecule has 2 aromatic carbocycles. The molecule has 1 fully saturated rings. The number of benzene rings is 2. The van der Waals surface area contributed by atoms with E-state index in [2.05, 4.69) is 0 Å². The maximum atomic E-state index is 13.3. The molecular formula is C25H25ClN2O3. The van der Waals surface area contributed by atoms with Crippen LogP contribution in [0.2, 0.25) is 0 Å². The van der Waals surface area contributed by atoms with Crippen LogP contribution in [0.5, 0.6) is 0 Å². The van der Waals surface area contributed by atoms with Gasteiger partial charge in [0.1, 0.15) is 17.7 Å². The van der Waals surface area contributed by atoms with Gasteiger partial charge in [-0.15, -0.1) is 11.6 Å². The number of alkyl halides is 1. The molecule has 1 atom stereocenters. The second-order valence-corrected chi connectivity index (χ2v) is 8.22. The van der Waals surface area contributed by atoms with Gasteiger partial charge in [-0.1, -0.05) is 60.7 Å². The summed E-state index contributed by atoms with van der Waals surface area (Å²) in [6, 6.07) is 22.8. The van der Waals surface area contributed by atoms with E-state index in [0.29, 0.717) is 18.8 Å². The van der Waals surface area contributed by atoms with Gasteiger partial charge in [-0.2, -0.15) is 0 Å². The van der Waals surface area contributed by atoms with Gasteiger partial charge in [0.05, 0.1) is 12.8 Å². The Morgan fingerprint density at radius 3 is 2.23 bits per heavy atom. The molecule has 0 radical (unpaired) electrons. The van der Waals surface area contributed by atoms with Crippen LogP contribution in [0.1, 0.15) is 35.1 Å². The van der Waals surface area contributed by atoms with Crippen molar-refractivity contribution >= 4 is 23.4 Å². The predicted molar refractivity (Wildman–Crippen MR) is 119 cm³/mol. The Hall–Kier alpha value is -3.05. The fourth-order valence-corrected chi connectivity index (χ4v) is 3.83. The Bertz CT molecular complexity index is 988. The lowest BCUT2D eigenvalue weighted by atomic mass is 10.1. The van der Waals surface area contributed by atoms with E-state index < -0.39 is 5.38 Å². The third-order valence-corrected chi connectivity index (χ3v) is 5.82. The quantitative estimate of drug-likeness (QED) is 0.453. The molecule has 1 unspecified atom stereocenters. The van der Waals surface area contributed by atoms with E-state index in [4.69, 9.17) is 16.0 Å². The number of furan rings is 1. The molecule has 3 aromatic rings. The molecule has 0 N–H and O–H groups in total. The van der Waals surface area contributed by atoms with Gasteiger partial charge in [0.15, 0.2) is 0 Å². The topological polar surface area (TPSA) is 53.8 Å². The molecule has 1 heterocycles. The monoisotopic (exact) mass is 436 g/mol. The zero-order valence-electron chi connectivity index (χ0n) is 17.2. The number of halogens is 1. The fourth-order valence-electron chi connectivity index (χ4n) is 3.56. The number of carbonyl (C=O) groups is 2. The first-order valence-corrected chi connectivity index (χ1v) is 10.9. The van der Waals surface area contributed by atoms with Crippen molar-refractivity contribution in [3.8, 4) is 0 Å². The van der Waals surface area contributed by atoms with Crippen molar-refractivity contribution in [1.82, 2.24) is 9.80 Å². The van der Waals surface area contributed by atoms with E-state index in [1.807, 2.05) is 66.7 Å². The van der Waals surface area contributed by atoms with Crippen LogP contribution in [0.25, 0.3) is 0 Å². The summed E-state index contributed by atoms with van der Waals surface area (Å²) in [5, 5.41) is -0.803. The van der Waals surface area contributed by atoms with Gasteiger partial charge in [-0.3, -0.25) is 9.59 Å². The Morgan fingerprint density at radius 1 is 0.935 bits per heavy atom. The molecule has 160 valence electrons. The summed E-state index contributed by atoms with van der Waals surface area (Å²) in [4.78, 5) is 29.9. The number of hydrogen-bond acceptors (Lipinski definition) is 3. The lowest BCUT2D eigenvalue weighted by molar-refractivity contribution is -0.141. The Balaban J connectivity index is 1.50. The Kier molecular flexibility index (Phi) is 6.73. The highest BCUT2D eigenvalue weighted by Gasteiger charge is 2.37. The fraction of sp³-hybridized carbons (Fsp3) is 0.280. The number of amides is 2. The van der Waals surface area contributed by atoms with Crippen molar-refractivity contribution in [2.45, 2.75) is 37.4 Å². The van der Waals surface area contributed by atoms with E-state index in [1.54, 1.807) is 22.1 Å². The van der Waals surface area contributed by atoms with E-state index in [-0.39, 0.29) is 24.4 Å². The van der Waals surface area contributed by atoms with Gasteiger partial charge < -0.3 is 14.2 Å². The van der Waals surface area contributed by atoms with Gasteiger partial charge in [0, 0.05) is 12.6 Å². The molecule has 0 bridgehead atoms. The van der Waals surface area contributed by atoms with Crippen LogP contribution in [-0.4, -0.2) is 34.2 Å². The molecule has 6 heteroatoms. The van der Waals surface area contributed by atoms with E-state index >= 15 is 0 Å². The first-order chi connectivity index (χ1) is 15.1. The summed E-state index contributed by atoms with van der Waals surface area (Å²) in [6.07, 6.45) is 3.39. The minimum absolute atomic E-state index is 0.00704. The van der Waals surface area contributed by atoms with Crippen LogP contribution in [0.15, 0.2) is 83.5 Å². The zero-order valence-corrected chi connectivity index (χ0v) is 17.9. The highest BCUT2D eigenvalue weighted by Crippen LogP contribution is 2.32. The van der Waals surface area contributed by atoms with Crippen molar-refractivity contribution in [3.63, 3.8) is 0 Å². The molecule has 1 aromatic heterocycles. The number of carbonyl (C=O) groups excluding carboxylic acids is 2. The molecule has 5 nitrogen and oxygen atoms in total. The van der Waals surface area contributed by atoms with Crippen LogP contribution in [-0.2, 0) is 22.7 Å². The van der Waals surface area contributed by atoms with Gasteiger partial charge in [0.25, 0.3) is 0 Å². The maximum absolute atomic E-state index is 13.3. The molecule has 31 heavy (non-hydrogen) atoms. The van der Waals surface area contributed by atoms with Crippen LogP contribution in [0.4, 0.5) is 0 Å². The Morgan fingerprint density at radius 2 is 1.61 bits per heavy atom. The van der Waals surface area contributed by atoms with Gasteiger partial charge in [-0.25, -0.2) is 0 Å². The van der Waals surface area contributed by atoms with Crippen LogP contribution >= 0.6 is 11.6 Å². The third-order valence-electron chi connectivity index (χ3n) is 5.38. The average Bonchev–Trinajstić information content (AvgIpc) is 3.52. The molecule has 4 rings (SSSR count). The standard InChI is InChI=1S/C25H25ClN2O3/c26-24(20-10-5-2-6-11-20)25(30)28(21-13-14-21)18-23(29)27(17-22-12-7-15-31-22)16-19-8-3-1-4-9-19/h1-12,15,21,24H,13-14,16-18H2. The Labute approximate surface area is 187 Å². The van der Waals surface area contributed by atoms with Crippen molar-refractivity contribution in [2.75, 3.05) is 6.54 Å². The second-order valence-electron chi connectivity index (χ2n) is 7.79. The average molecular weight is 437 g/mol. The molecule has 0 spiro atoms. The number of nitrogens with zero attached hydrogens (tertiary/aromatic N) is 2. The highest BCUT2D eigenvalue weighted by atomic mass is 35.5. The zero-order chi connectivity index (χ0) is 21.6. The molecular weight excluding hydrogens is 412 g/mol. The third kappa shape index (κ3) is 5.56. The van der Waals surface area contributed by atoms with Gasteiger partial charge in [0.2, 0.25) is 11.8 Å². The highest BCUT2D eigenvalue weighted by molar-refractivity contribution is 6.30. The molecule has 2 amide bonds. The van der Waals surface area contributed by atoms with Crippen molar-refractivity contribution < 1.29 is 14.0 Å². The smallest absolute Gasteiger partial charge is 0.245 e. The minimum atomic E-state index is -0.803. The van der Waals surface area contributed by atoms with E-state index in [9.17, 15) is 9.59 Å². The summed E-state index contributed by atoms with van der Waals surface area (Å²) in [7, 11) is 0. The van der Waals surface area contributed by atoms with Gasteiger partial charge in [-0.05, 0) is 36.1 Å². The summed E-state index contributed by atoms with van der Waals surface area (Å²) in [5.74, 6) is 0.354. The summed E-state index contributed by atoms with van der Waals surface area (Å²) < 4.78 is 5.46. The largest absolute Gasteiger partial charge is 0.467 e. The lowest BCUT2D eigenvalue weighted by Gasteiger charge is -2.28. The lowest BCUT2D eigenvalue weighted by Crippen LogP contribution is -2.44. The SMILES string of the molecule is O=C(CN(C(=O)C(Cl)c1ccccc1)C1CC1)N(Cc1ccccc1)Cc1ccco1. The second kappa shape index (κ2) is 9.84. The number of rotatable bonds is 9. The molecule has 1 saturated carbocycles. The summed E-state index contributed by atoms with van der Waals surface area (Å²) >= 11 is 6.50. The first kappa shape index (κ1) is 21.2. The molecule has 1 aliphatic rings. The molecule has 0 aliphatic heterocycles. The first-order valence-electron chi connectivity index (χ1n) is 10.5. The van der Waals surface area contributed by atoms with E-state index in [0.717, 1.165) is 24.0 Å². The van der Waals surface area contributed by atoms with E-state index in [1.165, 1.54) is 0 Å². The van der Waals surface area contributed by atoms with Crippen molar-refractivity contribution in [1.29, 1.82) is 0 Å². The van der Waals surface area contributed by atoms with Crippen LogP contribution in [0, 0.1) is 0 Å². The van der Waals surface area contributed by atoms with Gasteiger partial charge >= 0.3 is 0 Å². The van der Waals surface area contributed by atoms with Crippen LogP contribution in [0.3, 0.4) is 0 Å². The van der Waals surface area contributed by atoms with Crippen molar-refractivity contribution in [2.24, 2.45) is 0 Å². The maximum Gasteiger partial charge on any atom is 0.245 e. The molecule has 1 aliphatic carbocycles. The van der Waals surface area contributed by atoms with Crippen molar-refractivity contribution in [3.05, 3.63) is 95.9 Å². The minimum Gasteiger partial charge on any atom is -0.467 e. The molecule has 0 saturated heterocycles. The summed E-state index contributed by atoms with van der Waals surface area (Å²) in [5.41, 5.74) is 1.76. The normalized spacial score (nSPS) is 14.1. The number of hydrogen-bond donors (Lipinski definition) is 0. The summed E-state index contributed by atoms with van der Waals surface area (Å²) in [6.45, 7) is 0.791. The predicted octanol–water partition coefficient (Wildman–Crippen LogP) is 4.78. The van der Waals surface area contributed by atoms with Crippen LogP contribution < -0.4 is 0 Å².